The van der Waals surface area contributed by atoms with E-state index in [1.54, 1.807) is 36.5 Å². The van der Waals surface area contributed by atoms with Gasteiger partial charge in [0.05, 0.1) is 22.5 Å². The molecule has 3 aromatic rings. The van der Waals surface area contributed by atoms with Crippen LogP contribution in [0.1, 0.15) is 27.1 Å². The average Bonchev–Trinajstić information content (AvgIpc) is 3.19. The van der Waals surface area contributed by atoms with E-state index in [1.165, 1.54) is 0 Å². The average molecular weight is 479 g/mol. The van der Waals surface area contributed by atoms with Crippen LogP contribution in [0.4, 0.5) is 11.5 Å². The molecule has 0 spiro atoms. The van der Waals surface area contributed by atoms with Gasteiger partial charge in [-0.3, -0.25) is 9.59 Å². The van der Waals surface area contributed by atoms with Crippen molar-refractivity contribution in [3.05, 3.63) is 76.9 Å². The highest BCUT2D eigenvalue weighted by Crippen LogP contribution is 2.32. The number of nitrogens with zero attached hydrogens (tertiary/aromatic N) is 3. The summed E-state index contributed by atoms with van der Waals surface area (Å²) in [5.41, 5.74) is 1.60. The molecule has 2 aromatic carbocycles. The molecule has 5 rings (SSSR count). The van der Waals surface area contributed by atoms with E-state index in [4.69, 9.17) is 21.1 Å². The molecule has 1 saturated heterocycles. The van der Waals surface area contributed by atoms with Gasteiger partial charge < -0.3 is 24.6 Å². The maximum absolute atomic E-state index is 12.9. The van der Waals surface area contributed by atoms with E-state index >= 15 is 0 Å². The molecule has 0 radical (unpaired) electrons. The number of hydrogen-bond acceptors (Lipinski definition) is 6. The minimum atomic E-state index is -0.253. The smallest absolute Gasteiger partial charge is 0.255 e. The third-order valence-electron chi connectivity index (χ3n) is 5.85. The first kappa shape index (κ1) is 22.0. The monoisotopic (exact) mass is 478 g/mol. The Morgan fingerprint density at radius 1 is 0.941 bits per heavy atom. The molecule has 0 aliphatic carbocycles. The molecule has 0 bridgehead atoms. The second kappa shape index (κ2) is 9.61. The fraction of sp³-hybridized carbons (Fsp3) is 0.240. The van der Waals surface area contributed by atoms with E-state index in [-0.39, 0.29) is 18.6 Å². The van der Waals surface area contributed by atoms with Crippen molar-refractivity contribution in [2.24, 2.45) is 0 Å². The highest BCUT2D eigenvalue weighted by molar-refractivity contribution is 6.33. The summed E-state index contributed by atoms with van der Waals surface area (Å²) in [5, 5.41) is 3.32. The molecule has 34 heavy (non-hydrogen) atoms. The quantitative estimate of drug-likeness (QED) is 0.608. The maximum Gasteiger partial charge on any atom is 0.255 e. The van der Waals surface area contributed by atoms with Crippen LogP contribution in [-0.4, -0.2) is 54.7 Å². The molecular weight excluding hydrogens is 456 g/mol. The Morgan fingerprint density at radius 2 is 1.79 bits per heavy atom. The summed E-state index contributed by atoms with van der Waals surface area (Å²) in [6.07, 6.45) is 2.46. The predicted molar refractivity (Wildman–Crippen MR) is 129 cm³/mol. The second-order valence-corrected chi connectivity index (χ2v) is 8.45. The number of rotatable bonds is 4. The number of anilines is 2. The number of benzene rings is 2. The van der Waals surface area contributed by atoms with E-state index in [2.05, 4.69) is 15.2 Å². The molecule has 0 unspecified atom stereocenters. The van der Waals surface area contributed by atoms with Crippen LogP contribution >= 0.6 is 11.6 Å². The molecule has 9 heteroatoms. The van der Waals surface area contributed by atoms with Gasteiger partial charge in [0.1, 0.15) is 5.82 Å². The zero-order valence-electron chi connectivity index (χ0n) is 18.4. The summed E-state index contributed by atoms with van der Waals surface area (Å²) in [6, 6.07) is 15.9. The van der Waals surface area contributed by atoms with Gasteiger partial charge in [-0.1, -0.05) is 23.7 Å². The lowest BCUT2D eigenvalue weighted by molar-refractivity contribution is 0.0767. The molecule has 2 amide bonds. The van der Waals surface area contributed by atoms with Gasteiger partial charge in [0, 0.05) is 31.7 Å². The van der Waals surface area contributed by atoms with Crippen LogP contribution in [0, 0.1) is 0 Å². The van der Waals surface area contributed by atoms with Gasteiger partial charge in [-0.2, -0.15) is 0 Å². The summed E-state index contributed by atoms with van der Waals surface area (Å²) in [4.78, 5) is 34.0. The number of pyridine rings is 1. The lowest BCUT2D eigenvalue weighted by Crippen LogP contribution is -2.35. The molecule has 0 saturated carbocycles. The van der Waals surface area contributed by atoms with Crippen LogP contribution in [0.25, 0.3) is 0 Å². The molecule has 3 heterocycles. The Bertz CT molecular complexity index is 1220. The molecule has 1 aromatic heterocycles. The highest BCUT2D eigenvalue weighted by Gasteiger charge is 2.22. The molecular formula is C25H23ClN4O4. The van der Waals surface area contributed by atoms with Gasteiger partial charge in [-0.05, 0) is 48.9 Å². The van der Waals surface area contributed by atoms with Crippen molar-refractivity contribution in [1.29, 1.82) is 0 Å². The van der Waals surface area contributed by atoms with Crippen molar-refractivity contribution < 1.29 is 19.1 Å². The van der Waals surface area contributed by atoms with Crippen molar-refractivity contribution in [1.82, 2.24) is 9.88 Å². The molecule has 8 nitrogen and oxygen atoms in total. The summed E-state index contributed by atoms with van der Waals surface area (Å²) in [7, 11) is 0. The van der Waals surface area contributed by atoms with Crippen molar-refractivity contribution in [2.45, 2.75) is 6.42 Å². The number of amides is 2. The van der Waals surface area contributed by atoms with E-state index in [1.807, 2.05) is 29.2 Å². The van der Waals surface area contributed by atoms with E-state index in [9.17, 15) is 9.59 Å². The molecule has 2 aliphatic rings. The van der Waals surface area contributed by atoms with Crippen LogP contribution in [0.2, 0.25) is 5.02 Å². The number of aromatic nitrogens is 1. The zero-order valence-corrected chi connectivity index (χ0v) is 19.1. The van der Waals surface area contributed by atoms with Crippen molar-refractivity contribution in [3.8, 4) is 11.5 Å². The normalized spacial score (nSPS) is 15.1. The second-order valence-electron chi connectivity index (χ2n) is 8.04. The third-order valence-corrected chi connectivity index (χ3v) is 6.18. The summed E-state index contributed by atoms with van der Waals surface area (Å²) in [5.74, 6) is 1.68. The van der Waals surface area contributed by atoms with E-state index < -0.39 is 0 Å². The van der Waals surface area contributed by atoms with Crippen LogP contribution in [0.5, 0.6) is 11.5 Å². The first-order chi connectivity index (χ1) is 16.6. The van der Waals surface area contributed by atoms with Crippen LogP contribution < -0.4 is 19.7 Å². The number of hydrogen-bond donors (Lipinski definition) is 1. The summed E-state index contributed by atoms with van der Waals surface area (Å²) < 4.78 is 10.6. The minimum Gasteiger partial charge on any atom is -0.454 e. The number of halogens is 1. The maximum atomic E-state index is 12.9. The number of fused-ring (bicyclic) bond motifs is 1. The number of carbonyl (C=O) groups is 2. The highest BCUT2D eigenvalue weighted by atomic mass is 35.5. The van der Waals surface area contributed by atoms with Crippen molar-refractivity contribution in [2.75, 3.05) is 43.2 Å². The van der Waals surface area contributed by atoms with Crippen LogP contribution in [-0.2, 0) is 0 Å². The van der Waals surface area contributed by atoms with Gasteiger partial charge in [0.2, 0.25) is 6.79 Å². The van der Waals surface area contributed by atoms with Gasteiger partial charge in [-0.15, -0.1) is 0 Å². The van der Waals surface area contributed by atoms with Crippen molar-refractivity contribution in [3.63, 3.8) is 0 Å². The van der Waals surface area contributed by atoms with E-state index in [0.29, 0.717) is 53.0 Å². The summed E-state index contributed by atoms with van der Waals surface area (Å²) >= 11 is 6.21. The topological polar surface area (TPSA) is 84.0 Å². The van der Waals surface area contributed by atoms with Crippen LogP contribution in [0.15, 0.2) is 60.8 Å². The minimum absolute atomic E-state index is 0.0537. The van der Waals surface area contributed by atoms with Crippen molar-refractivity contribution >= 4 is 34.9 Å². The molecule has 2 aliphatic heterocycles. The Morgan fingerprint density at radius 3 is 2.62 bits per heavy atom. The zero-order chi connectivity index (χ0) is 23.5. The van der Waals surface area contributed by atoms with E-state index in [0.717, 1.165) is 18.8 Å². The Labute approximate surface area is 202 Å². The fourth-order valence-electron chi connectivity index (χ4n) is 4.04. The predicted octanol–water partition coefficient (Wildman–Crippen LogP) is 4.07. The Kier molecular flexibility index (Phi) is 6.22. The van der Waals surface area contributed by atoms with Gasteiger partial charge in [0.15, 0.2) is 11.5 Å². The van der Waals surface area contributed by atoms with Gasteiger partial charge in [0.25, 0.3) is 11.8 Å². The Hall–Kier alpha value is -3.78. The van der Waals surface area contributed by atoms with Gasteiger partial charge >= 0.3 is 0 Å². The largest absolute Gasteiger partial charge is 0.454 e. The first-order valence-corrected chi connectivity index (χ1v) is 11.4. The number of carbonyl (C=O) groups excluding carboxylic acids is 2. The SMILES string of the molecule is O=C(Nc1ccc(N2CCCN(C(=O)c3ccccc3Cl)CC2)nc1)c1ccc2c(c1)OCO2. The third kappa shape index (κ3) is 4.63. The standard InChI is InChI=1S/C25H23ClN4O4/c26-20-5-2-1-4-19(20)25(32)30-11-3-10-29(12-13-30)23-9-7-18(15-27-23)28-24(31)17-6-8-21-22(14-17)34-16-33-21/h1-2,4-9,14-15H,3,10-13,16H2,(H,28,31). The lowest BCUT2D eigenvalue weighted by atomic mass is 10.2. The lowest BCUT2D eigenvalue weighted by Gasteiger charge is -2.23. The van der Waals surface area contributed by atoms with Gasteiger partial charge in [-0.25, -0.2) is 4.98 Å². The number of ether oxygens (including phenoxy) is 2. The van der Waals surface area contributed by atoms with Crippen LogP contribution in [0.3, 0.4) is 0 Å². The molecule has 174 valence electrons. The Balaban J connectivity index is 1.20. The number of nitrogens with one attached hydrogen (secondary N) is 1. The molecule has 1 N–H and O–H groups in total. The first-order valence-electron chi connectivity index (χ1n) is 11.0. The summed E-state index contributed by atoms with van der Waals surface area (Å²) in [6.45, 7) is 2.83. The molecule has 1 fully saturated rings. The molecule has 0 atom stereocenters. The fourth-order valence-corrected chi connectivity index (χ4v) is 4.26.